The summed E-state index contributed by atoms with van der Waals surface area (Å²) in [4.78, 5) is 58.9. The first-order valence-corrected chi connectivity index (χ1v) is 12.2. The van der Waals surface area contributed by atoms with Crippen molar-refractivity contribution in [2.75, 3.05) is 24.2 Å². The second-order valence-electron chi connectivity index (χ2n) is 10.1. The van der Waals surface area contributed by atoms with E-state index in [0.29, 0.717) is 21.8 Å². The van der Waals surface area contributed by atoms with Gasteiger partial charge < -0.3 is 15.5 Å². The van der Waals surface area contributed by atoms with Crippen LogP contribution in [0.25, 0.3) is 4.85 Å². The zero-order valence-corrected chi connectivity index (χ0v) is 20.4. The summed E-state index contributed by atoms with van der Waals surface area (Å²) in [6.07, 6.45) is 0.554. The van der Waals surface area contributed by atoms with Gasteiger partial charge in [-0.1, -0.05) is 48.7 Å². The molecule has 9 nitrogen and oxygen atoms in total. The number of benzene rings is 2. The SMILES string of the molecule is [2H]C([2H])([2H])N(C(=O)C(=O)Nc1ccc(C)cc1)[C@@H](CC1CC1)C(=O)N1C[C@]2(C[C@H]1[N+]#[C-])C(=O)Nc1ccccc12. The summed E-state index contributed by atoms with van der Waals surface area (Å²) in [5.41, 5.74) is 1.35. The Balaban J connectivity index is 1.46. The molecule has 2 aromatic carbocycles. The van der Waals surface area contributed by atoms with Crippen LogP contribution in [0.4, 0.5) is 11.4 Å². The molecule has 2 N–H and O–H groups in total. The van der Waals surface area contributed by atoms with E-state index < -0.39 is 42.3 Å². The van der Waals surface area contributed by atoms with E-state index in [9.17, 15) is 19.2 Å². The standard InChI is InChI=1S/C28H29N5O4/c1-17-8-12-19(13-9-17)30-24(34)26(36)32(3)22(14-18-10-11-18)25(35)33-16-28(15-23(33)29-2)20-6-4-5-7-21(20)31-27(28)37/h4-9,12-13,18,22-23H,10-11,14-16H2,1,3H3,(H,30,34)(H,31,37)/t22-,23-,28-/m0/s1/i3D3. The number of amides is 4. The highest BCUT2D eigenvalue weighted by Crippen LogP contribution is 2.47. The fourth-order valence-electron chi connectivity index (χ4n) is 5.21. The Hall–Kier alpha value is -4.19. The van der Waals surface area contributed by atoms with Crippen molar-refractivity contribution in [1.82, 2.24) is 9.80 Å². The third kappa shape index (κ3) is 4.44. The number of nitrogens with one attached hydrogen (secondary N) is 2. The van der Waals surface area contributed by atoms with Gasteiger partial charge >= 0.3 is 18.0 Å². The van der Waals surface area contributed by atoms with Crippen LogP contribution in [0, 0.1) is 19.4 Å². The number of hydrogen-bond acceptors (Lipinski definition) is 4. The van der Waals surface area contributed by atoms with Crippen LogP contribution in [-0.4, -0.2) is 59.2 Å². The Kier molecular flexibility index (Phi) is 5.30. The quantitative estimate of drug-likeness (QED) is 0.485. The summed E-state index contributed by atoms with van der Waals surface area (Å²) in [6.45, 7) is 6.39. The molecule has 1 saturated carbocycles. The summed E-state index contributed by atoms with van der Waals surface area (Å²) in [7, 11) is 0. The van der Waals surface area contributed by atoms with Gasteiger partial charge in [-0.2, -0.15) is 0 Å². The molecule has 3 aliphatic rings. The molecule has 9 heteroatoms. The van der Waals surface area contributed by atoms with Crippen molar-refractivity contribution >= 4 is 35.0 Å². The highest BCUT2D eigenvalue weighted by molar-refractivity contribution is 6.39. The summed E-state index contributed by atoms with van der Waals surface area (Å²) in [5, 5.41) is 5.25. The number of nitrogens with zero attached hydrogens (tertiary/aromatic N) is 3. The number of fused-ring (bicyclic) bond motifs is 2. The van der Waals surface area contributed by atoms with Gasteiger partial charge in [-0.15, -0.1) is 0 Å². The minimum atomic E-state index is -3.11. The van der Waals surface area contributed by atoms with E-state index in [0.717, 1.165) is 18.4 Å². The highest BCUT2D eigenvalue weighted by Gasteiger charge is 2.59. The smallest absolute Gasteiger partial charge is 0.313 e. The predicted octanol–water partition coefficient (Wildman–Crippen LogP) is 2.93. The van der Waals surface area contributed by atoms with E-state index in [4.69, 9.17) is 10.7 Å². The van der Waals surface area contributed by atoms with E-state index in [-0.39, 0.29) is 31.2 Å². The van der Waals surface area contributed by atoms with Crippen molar-refractivity contribution in [1.29, 1.82) is 0 Å². The number of carbonyl (C=O) groups excluding carboxylic acids is 4. The van der Waals surface area contributed by atoms with E-state index in [2.05, 4.69) is 15.5 Å². The van der Waals surface area contributed by atoms with Gasteiger partial charge in [-0.25, -0.2) is 6.57 Å². The summed E-state index contributed by atoms with van der Waals surface area (Å²) >= 11 is 0. The number of para-hydroxylation sites is 1. The van der Waals surface area contributed by atoms with E-state index in [1.54, 1.807) is 48.5 Å². The normalized spacial score (nSPS) is 24.2. The molecule has 4 amide bonds. The molecule has 2 fully saturated rings. The molecule has 0 unspecified atom stereocenters. The Morgan fingerprint density at radius 2 is 1.97 bits per heavy atom. The molecule has 37 heavy (non-hydrogen) atoms. The van der Waals surface area contributed by atoms with Gasteiger partial charge in [0.05, 0.1) is 6.42 Å². The molecule has 190 valence electrons. The first-order valence-electron chi connectivity index (χ1n) is 13.7. The molecule has 0 aromatic heterocycles. The van der Waals surface area contributed by atoms with Crippen LogP contribution >= 0.6 is 0 Å². The zero-order chi connectivity index (χ0) is 28.8. The lowest BCUT2D eigenvalue weighted by Gasteiger charge is -2.31. The average Bonchev–Trinajstić information content (AvgIpc) is 3.58. The molecular formula is C28H29N5O4. The molecular weight excluding hydrogens is 470 g/mol. The van der Waals surface area contributed by atoms with Crippen LogP contribution in [0.1, 0.15) is 40.9 Å². The van der Waals surface area contributed by atoms with Crippen LogP contribution < -0.4 is 10.6 Å². The van der Waals surface area contributed by atoms with Gasteiger partial charge in [-0.3, -0.25) is 28.9 Å². The molecule has 0 bridgehead atoms. The lowest BCUT2D eigenvalue weighted by Crippen LogP contribution is -2.53. The molecule has 5 rings (SSSR count). The van der Waals surface area contributed by atoms with E-state index in [1.807, 2.05) is 6.92 Å². The molecule has 1 aliphatic carbocycles. The van der Waals surface area contributed by atoms with Crippen molar-refractivity contribution in [3.8, 4) is 0 Å². The highest BCUT2D eigenvalue weighted by atomic mass is 16.2. The molecule has 2 heterocycles. The summed E-state index contributed by atoms with van der Waals surface area (Å²) < 4.78 is 24.4. The Morgan fingerprint density at radius 3 is 2.65 bits per heavy atom. The van der Waals surface area contributed by atoms with Gasteiger partial charge in [0, 0.05) is 29.0 Å². The molecule has 2 aromatic rings. The first kappa shape index (κ1) is 20.9. The second-order valence-corrected chi connectivity index (χ2v) is 10.1. The molecule has 3 atom stereocenters. The monoisotopic (exact) mass is 502 g/mol. The first-order chi connectivity index (χ1) is 18.9. The fourth-order valence-corrected chi connectivity index (χ4v) is 5.21. The van der Waals surface area contributed by atoms with Gasteiger partial charge in [0.15, 0.2) is 0 Å². The number of carbonyl (C=O) groups is 4. The third-order valence-corrected chi connectivity index (χ3v) is 7.46. The van der Waals surface area contributed by atoms with Gasteiger partial charge in [-0.05, 0) is 43.0 Å². The number of hydrogen-bond donors (Lipinski definition) is 2. The maximum atomic E-state index is 14.1. The number of rotatable bonds is 5. The average molecular weight is 503 g/mol. The Labute approximate surface area is 219 Å². The van der Waals surface area contributed by atoms with Crippen molar-refractivity contribution in [3.63, 3.8) is 0 Å². The second kappa shape index (κ2) is 9.36. The van der Waals surface area contributed by atoms with Gasteiger partial charge in [0.1, 0.15) is 11.5 Å². The van der Waals surface area contributed by atoms with Crippen molar-refractivity contribution in [3.05, 3.63) is 71.1 Å². The molecule has 0 radical (unpaired) electrons. The Morgan fingerprint density at radius 1 is 1.24 bits per heavy atom. The largest absolute Gasteiger partial charge is 0.325 e. The lowest BCUT2D eigenvalue weighted by molar-refractivity contribution is -0.149. The van der Waals surface area contributed by atoms with E-state index in [1.165, 1.54) is 4.90 Å². The minimum Gasteiger partial charge on any atom is -0.325 e. The predicted molar refractivity (Wildman–Crippen MR) is 137 cm³/mol. The summed E-state index contributed by atoms with van der Waals surface area (Å²) in [6, 6.07) is 12.2. The topological polar surface area (TPSA) is 103 Å². The minimum absolute atomic E-state index is 0.00483. The third-order valence-electron chi connectivity index (χ3n) is 7.46. The lowest BCUT2D eigenvalue weighted by atomic mass is 9.80. The van der Waals surface area contributed by atoms with Crippen LogP contribution in [-0.2, 0) is 24.6 Å². The zero-order valence-electron chi connectivity index (χ0n) is 23.4. The van der Waals surface area contributed by atoms with Crippen LogP contribution in [0.3, 0.4) is 0 Å². The maximum Gasteiger partial charge on any atom is 0.313 e. The van der Waals surface area contributed by atoms with Crippen molar-refractivity contribution in [2.45, 2.75) is 50.2 Å². The Bertz CT molecular complexity index is 1420. The van der Waals surface area contributed by atoms with E-state index >= 15 is 0 Å². The number of aryl methyl sites for hydroxylation is 1. The number of likely N-dealkylation sites (tertiary alicyclic amines) is 1. The van der Waals surface area contributed by atoms with Crippen LogP contribution in [0.5, 0.6) is 0 Å². The van der Waals surface area contributed by atoms with Crippen LogP contribution in [0.15, 0.2) is 48.5 Å². The van der Waals surface area contributed by atoms with Gasteiger partial charge in [0.2, 0.25) is 5.91 Å². The molecule has 1 spiro atoms. The van der Waals surface area contributed by atoms with Crippen molar-refractivity contribution in [2.24, 2.45) is 5.92 Å². The maximum absolute atomic E-state index is 14.1. The number of anilines is 2. The molecule has 1 saturated heterocycles. The van der Waals surface area contributed by atoms with Crippen LogP contribution in [0.2, 0.25) is 0 Å². The summed E-state index contributed by atoms with van der Waals surface area (Å²) in [5.74, 6) is -3.63. The molecule has 2 aliphatic heterocycles. The van der Waals surface area contributed by atoms with Gasteiger partial charge in [0.25, 0.3) is 5.91 Å². The number of likely N-dealkylation sites (N-methyl/N-ethyl adjacent to an activating group) is 1. The fraction of sp³-hybridized carbons (Fsp3) is 0.393. The van der Waals surface area contributed by atoms with Crippen molar-refractivity contribution < 1.29 is 23.3 Å².